The Morgan fingerprint density at radius 3 is 2.19 bits per heavy atom. The number of nitrogens with zero attached hydrogens (tertiary/aromatic N) is 3. The van der Waals surface area contributed by atoms with Crippen molar-refractivity contribution in [3.05, 3.63) is 107 Å². The lowest BCUT2D eigenvalue weighted by Gasteiger charge is -2.47. The van der Waals surface area contributed by atoms with Crippen LogP contribution in [0.4, 0.5) is 4.39 Å². The van der Waals surface area contributed by atoms with E-state index in [-0.39, 0.29) is 17.8 Å². The molecule has 0 unspecified atom stereocenters. The van der Waals surface area contributed by atoms with Gasteiger partial charge < -0.3 is 4.90 Å². The van der Waals surface area contributed by atoms with Crippen LogP contribution < -0.4 is 0 Å². The number of rotatable bonds is 8. The van der Waals surface area contributed by atoms with E-state index in [1.807, 2.05) is 36.9 Å². The molecule has 0 radical (unpaired) electrons. The van der Waals surface area contributed by atoms with E-state index in [1.54, 1.807) is 12.1 Å². The minimum Gasteiger partial charge on any atom is -0.339 e. The van der Waals surface area contributed by atoms with Crippen LogP contribution in [0.15, 0.2) is 78.9 Å². The van der Waals surface area contributed by atoms with Crippen molar-refractivity contribution in [2.45, 2.75) is 52.4 Å². The maximum Gasteiger partial charge on any atom is 0.253 e. The first-order valence-electron chi connectivity index (χ1n) is 13.1. The fraction of sp³-hybridized carbons (Fsp3) is 0.387. The minimum atomic E-state index is -0.182. The molecule has 1 aliphatic heterocycles. The maximum absolute atomic E-state index is 13.8. The van der Waals surface area contributed by atoms with Gasteiger partial charge in [0.15, 0.2) is 0 Å². The molecule has 1 heterocycles. The highest BCUT2D eigenvalue weighted by atomic mass is 19.1. The topological polar surface area (TPSA) is 26.8 Å². The van der Waals surface area contributed by atoms with Crippen LogP contribution in [0.25, 0.3) is 0 Å². The number of amides is 1. The molecule has 0 saturated carbocycles. The van der Waals surface area contributed by atoms with Gasteiger partial charge in [0.2, 0.25) is 0 Å². The summed E-state index contributed by atoms with van der Waals surface area (Å²) in [6, 6.07) is 26.4. The largest absolute Gasteiger partial charge is 0.339 e. The van der Waals surface area contributed by atoms with Crippen LogP contribution in [-0.4, -0.2) is 58.9 Å². The number of benzene rings is 3. The molecular formula is C31H38FN3O. The summed E-state index contributed by atoms with van der Waals surface area (Å²) in [4.78, 5) is 19.7. The van der Waals surface area contributed by atoms with Crippen molar-refractivity contribution in [3.63, 3.8) is 0 Å². The van der Waals surface area contributed by atoms with Gasteiger partial charge in [-0.05, 0) is 68.7 Å². The minimum absolute atomic E-state index is 0.0794. The van der Waals surface area contributed by atoms with Gasteiger partial charge in [-0.2, -0.15) is 0 Å². The summed E-state index contributed by atoms with van der Waals surface area (Å²) < 4.78 is 13.8. The van der Waals surface area contributed by atoms with Gasteiger partial charge in [0.25, 0.3) is 5.91 Å². The Labute approximate surface area is 215 Å². The van der Waals surface area contributed by atoms with Gasteiger partial charge in [-0.1, -0.05) is 54.6 Å². The molecule has 0 N–H and O–H groups in total. The third kappa shape index (κ3) is 5.85. The fourth-order valence-electron chi connectivity index (χ4n) is 5.39. The molecule has 1 amide bonds. The van der Waals surface area contributed by atoms with Crippen molar-refractivity contribution in [3.8, 4) is 0 Å². The third-order valence-corrected chi connectivity index (χ3v) is 7.41. The summed E-state index contributed by atoms with van der Waals surface area (Å²) in [6.07, 6.45) is 0. The molecule has 0 spiro atoms. The van der Waals surface area contributed by atoms with Crippen molar-refractivity contribution in [1.82, 2.24) is 14.7 Å². The molecule has 36 heavy (non-hydrogen) atoms. The van der Waals surface area contributed by atoms with E-state index in [9.17, 15) is 9.18 Å². The Hall–Kier alpha value is -3.02. The zero-order valence-electron chi connectivity index (χ0n) is 21.9. The molecule has 4 rings (SSSR count). The van der Waals surface area contributed by atoms with Gasteiger partial charge in [-0.15, -0.1) is 0 Å². The van der Waals surface area contributed by atoms with E-state index in [1.165, 1.54) is 17.2 Å². The number of hydrogen-bond acceptors (Lipinski definition) is 3. The number of carbonyl (C=O) groups excluding carboxylic acids is 1. The van der Waals surface area contributed by atoms with Crippen molar-refractivity contribution in [2.75, 3.05) is 26.2 Å². The number of halogens is 1. The van der Waals surface area contributed by atoms with Crippen LogP contribution in [0.2, 0.25) is 0 Å². The summed E-state index contributed by atoms with van der Waals surface area (Å²) in [7, 11) is 0. The molecule has 3 aromatic rings. The second-order valence-electron chi connectivity index (χ2n) is 9.87. The predicted octanol–water partition coefficient (Wildman–Crippen LogP) is 5.99. The van der Waals surface area contributed by atoms with E-state index in [0.29, 0.717) is 25.2 Å². The van der Waals surface area contributed by atoms with Crippen molar-refractivity contribution in [1.29, 1.82) is 0 Å². The van der Waals surface area contributed by atoms with E-state index in [0.717, 1.165) is 30.8 Å². The van der Waals surface area contributed by atoms with Crippen molar-refractivity contribution < 1.29 is 9.18 Å². The summed E-state index contributed by atoms with van der Waals surface area (Å²) in [5, 5.41) is 0. The Kier molecular flexibility index (Phi) is 8.55. The first-order chi connectivity index (χ1) is 17.4. The summed E-state index contributed by atoms with van der Waals surface area (Å²) in [6.45, 7) is 12.5. The second-order valence-corrected chi connectivity index (χ2v) is 9.87. The van der Waals surface area contributed by atoms with Gasteiger partial charge in [-0.25, -0.2) is 4.39 Å². The van der Waals surface area contributed by atoms with Gasteiger partial charge in [0, 0.05) is 50.4 Å². The number of piperazine rings is 1. The highest BCUT2D eigenvalue weighted by molar-refractivity contribution is 5.94. The Balaban J connectivity index is 1.58. The molecule has 5 heteroatoms. The van der Waals surface area contributed by atoms with Gasteiger partial charge in [0.1, 0.15) is 5.82 Å². The molecule has 1 aliphatic rings. The Bertz CT molecular complexity index is 1130. The SMILES string of the molecule is CCN(CC)C(=O)c1ccc([C@@H](c2ccccc2)N2C[C@H](C)N(Cc3cccc(F)c3)C[C@H]2C)cc1. The lowest BCUT2D eigenvalue weighted by atomic mass is 9.92. The highest BCUT2D eigenvalue weighted by Gasteiger charge is 2.34. The zero-order valence-corrected chi connectivity index (χ0v) is 21.9. The lowest BCUT2D eigenvalue weighted by Crippen LogP contribution is -2.56. The predicted molar refractivity (Wildman–Crippen MR) is 144 cm³/mol. The first-order valence-corrected chi connectivity index (χ1v) is 13.1. The molecule has 190 valence electrons. The molecule has 3 atom stereocenters. The van der Waals surface area contributed by atoms with Crippen LogP contribution in [-0.2, 0) is 6.54 Å². The normalized spacial score (nSPS) is 19.7. The molecule has 0 aliphatic carbocycles. The van der Waals surface area contributed by atoms with E-state index >= 15 is 0 Å². The molecular weight excluding hydrogens is 449 g/mol. The average molecular weight is 488 g/mol. The maximum atomic E-state index is 13.8. The lowest BCUT2D eigenvalue weighted by molar-refractivity contribution is 0.0195. The third-order valence-electron chi connectivity index (χ3n) is 7.41. The van der Waals surface area contributed by atoms with Crippen LogP contribution in [0, 0.1) is 5.82 Å². The smallest absolute Gasteiger partial charge is 0.253 e. The van der Waals surface area contributed by atoms with E-state index in [2.05, 4.69) is 66.1 Å². The Morgan fingerprint density at radius 1 is 0.889 bits per heavy atom. The first kappa shape index (κ1) is 26.1. The monoisotopic (exact) mass is 487 g/mol. The molecule has 0 bridgehead atoms. The molecule has 4 nitrogen and oxygen atoms in total. The molecule has 3 aromatic carbocycles. The van der Waals surface area contributed by atoms with Crippen LogP contribution in [0.5, 0.6) is 0 Å². The average Bonchev–Trinajstić information content (AvgIpc) is 2.89. The standard InChI is InChI=1S/C31H38FN3O/c1-5-33(6-2)31(36)28-17-15-27(16-18-28)30(26-12-8-7-9-13-26)35-21-23(3)34(20-24(35)4)22-25-11-10-14-29(32)19-25/h7-19,23-24,30H,5-6,20-22H2,1-4H3/t23-,24+,30+/m0/s1. The quantitative estimate of drug-likeness (QED) is 0.390. The highest BCUT2D eigenvalue weighted by Crippen LogP contribution is 2.34. The fourth-order valence-corrected chi connectivity index (χ4v) is 5.39. The van der Waals surface area contributed by atoms with E-state index in [4.69, 9.17) is 0 Å². The number of hydrogen-bond donors (Lipinski definition) is 0. The summed E-state index contributed by atoms with van der Waals surface area (Å²) in [5.41, 5.74) is 4.18. The molecule has 1 fully saturated rings. The van der Waals surface area contributed by atoms with Crippen LogP contribution >= 0.6 is 0 Å². The summed E-state index contributed by atoms with van der Waals surface area (Å²) in [5.74, 6) is -0.102. The van der Waals surface area contributed by atoms with Gasteiger partial charge in [0.05, 0.1) is 6.04 Å². The van der Waals surface area contributed by atoms with Crippen LogP contribution in [0.1, 0.15) is 60.8 Å². The Morgan fingerprint density at radius 2 is 1.56 bits per heavy atom. The van der Waals surface area contributed by atoms with Crippen molar-refractivity contribution in [2.24, 2.45) is 0 Å². The number of carbonyl (C=O) groups is 1. The van der Waals surface area contributed by atoms with E-state index < -0.39 is 0 Å². The van der Waals surface area contributed by atoms with Gasteiger partial charge >= 0.3 is 0 Å². The zero-order chi connectivity index (χ0) is 25.7. The molecule has 1 saturated heterocycles. The second kappa shape index (κ2) is 11.8. The molecule has 0 aromatic heterocycles. The summed E-state index contributed by atoms with van der Waals surface area (Å²) >= 11 is 0. The van der Waals surface area contributed by atoms with Gasteiger partial charge in [-0.3, -0.25) is 14.6 Å². The van der Waals surface area contributed by atoms with Crippen molar-refractivity contribution >= 4 is 5.91 Å². The van der Waals surface area contributed by atoms with Crippen LogP contribution in [0.3, 0.4) is 0 Å².